The molecule has 0 aromatic carbocycles. The van der Waals surface area contributed by atoms with E-state index < -0.39 is 102 Å². The van der Waals surface area contributed by atoms with E-state index in [9.17, 15) is 55.2 Å². The molecule has 0 aromatic heterocycles. The van der Waals surface area contributed by atoms with Gasteiger partial charge >= 0.3 is 11.9 Å². The van der Waals surface area contributed by atoms with Gasteiger partial charge in [0.25, 0.3) is 0 Å². The summed E-state index contributed by atoms with van der Waals surface area (Å²) >= 11 is 0. The second-order valence-corrected chi connectivity index (χ2v) is 20.5. The Morgan fingerprint density at radius 1 is 0.789 bits per heavy atom. The molecule has 6 fully saturated rings. The fourth-order valence-corrected chi connectivity index (χ4v) is 13.4. The molecule has 2 unspecified atom stereocenters. The van der Waals surface area contributed by atoms with Gasteiger partial charge in [0.05, 0.1) is 18.1 Å². The van der Waals surface area contributed by atoms with Crippen molar-refractivity contribution in [3.8, 4) is 0 Å². The Labute approximate surface area is 333 Å². The molecule has 0 spiro atoms. The molecule has 2 aliphatic heterocycles. The summed E-state index contributed by atoms with van der Waals surface area (Å²) in [5.74, 6) is -2.16. The van der Waals surface area contributed by atoms with Gasteiger partial charge < -0.3 is 59.8 Å². The van der Waals surface area contributed by atoms with Gasteiger partial charge in [0.2, 0.25) is 0 Å². The van der Waals surface area contributed by atoms with Crippen molar-refractivity contribution >= 4 is 17.7 Å². The number of Topliss-reactive ketones (excluding diaryl/α,β-unsaturated/α-hetero) is 1. The summed E-state index contributed by atoms with van der Waals surface area (Å²) in [5, 5.41) is 83.3. The number of carbonyl (C=O) groups excluding carboxylic acids is 1. The van der Waals surface area contributed by atoms with Crippen molar-refractivity contribution in [3.05, 3.63) is 11.6 Å². The van der Waals surface area contributed by atoms with E-state index in [2.05, 4.69) is 40.7 Å². The van der Waals surface area contributed by atoms with Crippen LogP contribution in [0.5, 0.6) is 0 Å². The minimum absolute atomic E-state index is 0.0501. The molecule has 15 nitrogen and oxygen atoms in total. The summed E-state index contributed by atoms with van der Waals surface area (Å²) < 4.78 is 23.9. The Kier molecular flexibility index (Phi) is 10.8. The highest BCUT2D eigenvalue weighted by Gasteiger charge is 2.70. The van der Waals surface area contributed by atoms with Crippen LogP contribution < -0.4 is 0 Å². The van der Waals surface area contributed by atoms with E-state index in [0.717, 1.165) is 38.5 Å². The zero-order chi connectivity index (χ0) is 42.0. The normalized spacial score (nSPS) is 53.4. The molecule has 7 aliphatic rings. The van der Waals surface area contributed by atoms with Crippen molar-refractivity contribution in [2.75, 3.05) is 6.61 Å². The third kappa shape index (κ3) is 6.22. The van der Waals surface area contributed by atoms with Crippen molar-refractivity contribution < 1.29 is 74.2 Å². The lowest BCUT2D eigenvalue weighted by Gasteiger charge is -2.71. The highest BCUT2D eigenvalue weighted by molar-refractivity contribution is 5.92. The van der Waals surface area contributed by atoms with E-state index in [1.165, 1.54) is 5.57 Å². The largest absolute Gasteiger partial charge is 0.481 e. The van der Waals surface area contributed by atoms with Crippen LogP contribution in [-0.4, -0.2) is 133 Å². The van der Waals surface area contributed by atoms with Crippen molar-refractivity contribution in [2.45, 2.75) is 174 Å². The third-order valence-corrected chi connectivity index (χ3v) is 17.3. The second kappa shape index (κ2) is 14.3. The van der Waals surface area contributed by atoms with Crippen LogP contribution in [0.2, 0.25) is 0 Å². The van der Waals surface area contributed by atoms with Gasteiger partial charge in [0, 0.05) is 11.8 Å². The monoisotopic (exact) mass is 808 g/mol. The SMILES string of the molecule is CC1(C)C2CC[C@]3(C)C(CC=C4[C@@H]5C[C@](C)(C(=O)O)CC(=O)[C@]5(C)CC[C@]43C)[C@@]2(C)CC[C@@H]1O[C@@H]1O[C@H](C(=O)O)[C@@H](O)[C@H](O)[C@H]1O[C@@H]1O[C@H](CO)[C@H](O)[C@H](O)[C@H]1O. The van der Waals surface area contributed by atoms with E-state index in [4.69, 9.17) is 18.9 Å². The number of ketones is 1. The van der Waals surface area contributed by atoms with Crippen LogP contribution in [0.1, 0.15) is 106 Å². The molecule has 322 valence electrons. The number of carbonyl (C=O) groups is 3. The number of allylic oxidation sites excluding steroid dienone is 2. The zero-order valence-corrected chi connectivity index (χ0v) is 34.2. The Morgan fingerprint density at radius 3 is 2.11 bits per heavy atom. The molecule has 19 atom stereocenters. The highest BCUT2D eigenvalue weighted by atomic mass is 16.8. The number of aliphatic carboxylic acids is 2. The van der Waals surface area contributed by atoms with Gasteiger partial charge in [-0.2, -0.15) is 0 Å². The van der Waals surface area contributed by atoms with E-state index in [1.54, 1.807) is 6.92 Å². The van der Waals surface area contributed by atoms with Gasteiger partial charge in [0.15, 0.2) is 18.7 Å². The Balaban J connectivity index is 1.16. The van der Waals surface area contributed by atoms with Gasteiger partial charge in [-0.25, -0.2) is 4.79 Å². The number of ether oxygens (including phenoxy) is 4. The molecule has 0 aromatic rings. The summed E-state index contributed by atoms with van der Waals surface area (Å²) in [6, 6.07) is 0. The first-order valence-corrected chi connectivity index (χ1v) is 20.7. The first-order valence-electron chi connectivity index (χ1n) is 20.7. The van der Waals surface area contributed by atoms with Crippen LogP contribution in [0.15, 0.2) is 11.6 Å². The molecule has 2 heterocycles. The molecule has 5 aliphatic carbocycles. The second-order valence-electron chi connectivity index (χ2n) is 20.5. The van der Waals surface area contributed by atoms with Crippen molar-refractivity contribution in [3.63, 3.8) is 0 Å². The summed E-state index contributed by atoms with van der Waals surface area (Å²) in [7, 11) is 0. The number of carboxylic acids is 2. The Morgan fingerprint density at radius 2 is 1.47 bits per heavy atom. The number of carboxylic acid groups (broad SMARTS) is 2. The maximum absolute atomic E-state index is 13.7. The maximum atomic E-state index is 13.7. The molecule has 0 amide bonds. The predicted molar refractivity (Wildman–Crippen MR) is 199 cm³/mol. The van der Waals surface area contributed by atoms with Crippen LogP contribution in [0.25, 0.3) is 0 Å². The van der Waals surface area contributed by atoms with Crippen molar-refractivity contribution in [2.24, 2.45) is 50.2 Å². The quantitative estimate of drug-likeness (QED) is 0.136. The molecule has 0 bridgehead atoms. The number of hydrogen-bond donors (Lipinski definition) is 8. The van der Waals surface area contributed by atoms with Gasteiger partial charge in [-0.1, -0.05) is 53.2 Å². The van der Waals surface area contributed by atoms with Crippen LogP contribution >= 0.6 is 0 Å². The van der Waals surface area contributed by atoms with Crippen molar-refractivity contribution in [1.29, 1.82) is 0 Å². The fourth-order valence-electron chi connectivity index (χ4n) is 13.4. The topological polar surface area (TPSA) is 250 Å². The summed E-state index contributed by atoms with van der Waals surface area (Å²) in [4.78, 5) is 38.4. The predicted octanol–water partition coefficient (Wildman–Crippen LogP) is 2.15. The van der Waals surface area contributed by atoms with Gasteiger partial charge in [-0.3, -0.25) is 9.59 Å². The van der Waals surface area contributed by atoms with Crippen molar-refractivity contribution in [1.82, 2.24) is 0 Å². The number of aliphatic hydroxyl groups excluding tert-OH is 6. The van der Waals surface area contributed by atoms with Crippen LogP contribution in [0.3, 0.4) is 0 Å². The molecule has 8 N–H and O–H groups in total. The number of rotatable bonds is 7. The van der Waals surface area contributed by atoms with Gasteiger partial charge in [0.1, 0.15) is 48.5 Å². The van der Waals surface area contributed by atoms with Gasteiger partial charge in [-0.05, 0) is 97.7 Å². The summed E-state index contributed by atoms with van der Waals surface area (Å²) in [6.45, 7) is 14.4. The fraction of sp³-hybridized carbons (Fsp3) is 0.881. The highest BCUT2D eigenvalue weighted by Crippen LogP contribution is 2.75. The zero-order valence-electron chi connectivity index (χ0n) is 34.2. The average molecular weight is 809 g/mol. The lowest BCUT2D eigenvalue weighted by molar-refractivity contribution is -0.374. The Bertz CT molecular complexity index is 1650. The van der Waals surface area contributed by atoms with E-state index in [0.29, 0.717) is 12.8 Å². The molecular weight excluding hydrogens is 744 g/mol. The molecular formula is C42H64O15. The number of fused-ring (bicyclic) bond motifs is 7. The van der Waals surface area contributed by atoms with Crippen LogP contribution in [-0.2, 0) is 33.3 Å². The minimum atomic E-state index is -1.95. The minimum Gasteiger partial charge on any atom is -0.481 e. The number of hydrogen-bond acceptors (Lipinski definition) is 13. The summed E-state index contributed by atoms with van der Waals surface area (Å²) in [5.41, 5.74) is -1.52. The molecule has 2 saturated heterocycles. The number of aliphatic hydroxyl groups is 6. The summed E-state index contributed by atoms with van der Waals surface area (Å²) in [6.07, 6.45) is -9.51. The smallest absolute Gasteiger partial charge is 0.335 e. The van der Waals surface area contributed by atoms with E-state index in [-0.39, 0.29) is 46.2 Å². The lowest BCUT2D eigenvalue weighted by atomic mass is 9.33. The molecule has 4 saturated carbocycles. The molecule has 0 radical (unpaired) electrons. The molecule has 7 rings (SSSR count). The first-order chi connectivity index (χ1) is 26.4. The molecule has 57 heavy (non-hydrogen) atoms. The maximum Gasteiger partial charge on any atom is 0.335 e. The Hall–Kier alpha value is -2.05. The average Bonchev–Trinajstić information content (AvgIpc) is 3.13. The van der Waals surface area contributed by atoms with Gasteiger partial charge in [-0.15, -0.1) is 0 Å². The van der Waals surface area contributed by atoms with E-state index >= 15 is 0 Å². The third-order valence-electron chi connectivity index (χ3n) is 17.3. The van der Waals surface area contributed by atoms with E-state index in [1.807, 2.05) is 6.92 Å². The van der Waals surface area contributed by atoms with Crippen LogP contribution in [0.4, 0.5) is 0 Å². The lowest BCUT2D eigenvalue weighted by Crippen LogP contribution is -2.67. The first kappa shape index (κ1) is 43.1. The standard InChI is InChI=1S/C42H64O15/c1-37(2)22-10-13-42(7)23(9-8-19-20-16-38(3,36(52)53)17-24(44)39(20,4)14-15-41(19,42)6)40(22,5)12-11-25(37)55-35-32(29(48)28(47)31(56-35)33(50)51)57-34-30(49)27(46)26(45)21(18-43)54-34/h8,20-23,25-32,34-35,43,45-49H,9-18H2,1-7H3,(H,50,51)(H,52,53)/t20-,21+,22?,23?,25-,26-,27-,28-,29-,30+,31-,32+,34-,35+,38-,39+,40-,41+,42+/m0/s1. The molecule has 15 heteroatoms. The van der Waals surface area contributed by atoms with Crippen LogP contribution in [0, 0.1) is 50.2 Å².